The number of hydrogen-bond donors (Lipinski definition) is 2. The summed E-state index contributed by atoms with van der Waals surface area (Å²) in [6.45, 7) is 0. The van der Waals surface area contributed by atoms with Gasteiger partial charge in [-0.2, -0.15) is 5.26 Å². The van der Waals surface area contributed by atoms with E-state index in [1.165, 1.54) is 32.4 Å². The molecular formula is C23H22N6O2. The van der Waals surface area contributed by atoms with Crippen LogP contribution in [0, 0.1) is 11.3 Å². The minimum absolute atomic E-state index is 0.0117. The first-order valence-corrected chi connectivity index (χ1v) is 10.5. The molecule has 0 aliphatic heterocycles. The number of aromatic amines is 1. The van der Waals surface area contributed by atoms with Crippen molar-refractivity contribution < 1.29 is 9.21 Å². The quantitative estimate of drug-likeness (QED) is 0.381. The lowest BCUT2D eigenvalue weighted by molar-refractivity contribution is -0.116. The second-order valence-corrected chi connectivity index (χ2v) is 7.78. The minimum atomic E-state index is -0.448. The topological polar surface area (TPSA) is 113 Å². The van der Waals surface area contributed by atoms with Gasteiger partial charge in [0.1, 0.15) is 28.6 Å². The Kier molecular flexibility index (Phi) is 4.79. The van der Waals surface area contributed by atoms with Crippen LogP contribution < -0.4 is 5.32 Å². The van der Waals surface area contributed by atoms with Gasteiger partial charge >= 0.3 is 0 Å². The summed E-state index contributed by atoms with van der Waals surface area (Å²) < 4.78 is 8.33. The van der Waals surface area contributed by atoms with Crippen molar-refractivity contribution in [3.8, 4) is 17.7 Å². The molecule has 8 nitrogen and oxygen atoms in total. The predicted molar refractivity (Wildman–Crippen MR) is 117 cm³/mol. The molecule has 4 aromatic heterocycles. The molecule has 0 unspecified atom stereocenters. The zero-order chi connectivity index (χ0) is 21.4. The number of imidazole rings is 1. The molecule has 1 aliphatic rings. The maximum absolute atomic E-state index is 11.8. The van der Waals surface area contributed by atoms with Gasteiger partial charge in [-0.1, -0.05) is 19.3 Å². The predicted octanol–water partition coefficient (Wildman–Crippen LogP) is 4.33. The molecule has 0 atom stereocenters. The normalized spacial score (nSPS) is 15.4. The summed E-state index contributed by atoms with van der Waals surface area (Å²) >= 11 is 0. The summed E-state index contributed by atoms with van der Waals surface area (Å²) in [5.74, 6) is 1.33. The third-order valence-corrected chi connectivity index (χ3v) is 5.90. The second-order valence-electron chi connectivity index (χ2n) is 7.78. The molecular weight excluding hydrogens is 392 g/mol. The van der Waals surface area contributed by atoms with E-state index < -0.39 is 5.91 Å². The number of hydrogen-bond acceptors (Lipinski definition) is 5. The van der Waals surface area contributed by atoms with Crippen molar-refractivity contribution in [1.29, 1.82) is 5.26 Å². The van der Waals surface area contributed by atoms with Crippen molar-refractivity contribution in [3.63, 3.8) is 0 Å². The Bertz CT molecular complexity index is 1340. The molecule has 5 rings (SSSR count). The van der Waals surface area contributed by atoms with E-state index in [0.29, 0.717) is 17.6 Å². The average molecular weight is 414 g/mol. The Morgan fingerprint density at radius 2 is 2.16 bits per heavy atom. The van der Waals surface area contributed by atoms with Crippen LogP contribution in [-0.4, -0.2) is 32.5 Å². The van der Waals surface area contributed by atoms with Crippen LogP contribution in [0.4, 0.5) is 0 Å². The number of nitrogens with one attached hydrogen (secondary N) is 2. The van der Waals surface area contributed by atoms with Crippen molar-refractivity contribution in [2.75, 3.05) is 7.05 Å². The summed E-state index contributed by atoms with van der Waals surface area (Å²) in [7, 11) is 1.49. The van der Waals surface area contributed by atoms with Gasteiger partial charge in [-0.05, 0) is 31.0 Å². The lowest BCUT2D eigenvalue weighted by Gasteiger charge is -2.25. The second kappa shape index (κ2) is 7.76. The van der Waals surface area contributed by atoms with Gasteiger partial charge in [0.15, 0.2) is 11.6 Å². The van der Waals surface area contributed by atoms with Crippen LogP contribution in [0.1, 0.15) is 43.9 Å². The molecule has 8 heteroatoms. The first kappa shape index (κ1) is 19.1. The number of aromatic nitrogens is 4. The Morgan fingerprint density at radius 1 is 1.32 bits per heavy atom. The molecule has 156 valence electrons. The summed E-state index contributed by atoms with van der Waals surface area (Å²) in [5.41, 5.74) is 2.71. The van der Waals surface area contributed by atoms with E-state index in [1.54, 1.807) is 12.3 Å². The number of carbonyl (C=O) groups excluding carboxylic acids is 1. The van der Waals surface area contributed by atoms with Crippen LogP contribution in [0.15, 0.2) is 40.6 Å². The molecule has 1 aliphatic carbocycles. The number of carbonyl (C=O) groups is 1. The number of nitrogens with zero attached hydrogens (tertiary/aromatic N) is 4. The zero-order valence-electron chi connectivity index (χ0n) is 17.2. The van der Waals surface area contributed by atoms with E-state index in [1.807, 2.05) is 24.4 Å². The Balaban J connectivity index is 1.67. The molecule has 1 fully saturated rings. The number of amides is 1. The Labute approximate surface area is 178 Å². The van der Waals surface area contributed by atoms with Gasteiger partial charge in [0.2, 0.25) is 0 Å². The van der Waals surface area contributed by atoms with Gasteiger partial charge in [0.05, 0.1) is 11.7 Å². The van der Waals surface area contributed by atoms with Gasteiger partial charge in [0, 0.05) is 30.7 Å². The van der Waals surface area contributed by atoms with Crippen molar-refractivity contribution in [2.24, 2.45) is 0 Å². The van der Waals surface area contributed by atoms with Crippen molar-refractivity contribution in [2.45, 2.75) is 38.1 Å². The van der Waals surface area contributed by atoms with E-state index >= 15 is 0 Å². The largest absolute Gasteiger partial charge is 0.453 e. The van der Waals surface area contributed by atoms with E-state index in [4.69, 9.17) is 9.40 Å². The van der Waals surface area contributed by atoms with Gasteiger partial charge < -0.3 is 19.3 Å². The van der Waals surface area contributed by atoms with E-state index in [2.05, 4.69) is 19.9 Å². The maximum Gasteiger partial charge on any atom is 0.261 e. The van der Waals surface area contributed by atoms with Crippen molar-refractivity contribution >= 4 is 34.1 Å². The van der Waals surface area contributed by atoms with E-state index in [9.17, 15) is 10.1 Å². The van der Waals surface area contributed by atoms with Gasteiger partial charge in [0.25, 0.3) is 5.91 Å². The highest BCUT2D eigenvalue weighted by Gasteiger charge is 2.25. The third kappa shape index (κ3) is 3.28. The van der Waals surface area contributed by atoms with Crippen LogP contribution in [0.2, 0.25) is 0 Å². The van der Waals surface area contributed by atoms with E-state index in [-0.39, 0.29) is 5.57 Å². The number of furan rings is 1. The standard InChI is InChI=1S/C23H22N6O2/c1-25-23(30)14(12-24)11-16-7-8-19(31-16)22-28-18-13-27-21-17(9-10-26-21)20(18)29(22)15-5-3-2-4-6-15/h7-11,13,15H,2-6H2,1H3,(H,25,30)(H,26,27). The Hall–Kier alpha value is -3.86. The summed E-state index contributed by atoms with van der Waals surface area (Å²) in [6.07, 6.45) is 11.0. The van der Waals surface area contributed by atoms with Crippen LogP contribution in [0.3, 0.4) is 0 Å². The number of H-pyrrole nitrogens is 1. The fourth-order valence-corrected chi connectivity index (χ4v) is 4.44. The van der Waals surface area contributed by atoms with Crippen LogP contribution in [-0.2, 0) is 4.79 Å². The van der Waals surface area contributed by atoms with Gasteiger partial charge in [-0.25, -0.2) is 9.97 Å². The molecule has 2 N–H and O–H groups in total. The number of pyridine rings is 1. The van der Waals surface area contributed by atoms with Gasteiger partial charge in [-0.15, -0.1) is 0 Å². The molecule has 0 radical (unpaired) electrons. The minimum Gasteiger partial charge on any atom is -0.453 e. The maximum atomic E-state index is 11.8. The molecule has 1 saturated carbocycles. The van der Waals surface area contributed by atoms with Crippen LogP contribution >= 0.6 is 0 Å². The molecule has 0 aromatic carbocycles. The molecule has 4 aromatic rings. The fourth-order valence-electron chi connectivity index (χ4n) is 4.44. The monoisotopic (exact) mass is 414 g/mol. The smallest absolute Gasteiger partial charge is 0.261 e. The zero-order valence-corrected chi connectivity index (χ0v) is 17.2. The summed E-state index contributed by atoms with van der Waals surface area (Å²) in [4.78, 5) is 24.4. The average Bonchev–Trinajstić information content (AvgIpc) is 3.54. The highest BCUT2D eigenvalue weighted by atomic mass is 16.3. The molecule has 1 amide bonds. The van der Waals surface area contributed by atoms with Crippen molar-refractivity contribution in [1.82, 2.24) is 24.8 Å². The lowest BCUT2D eigenvalue weighted by Crippen LogP contribution is -2.18. The lowest BCUT2D eigenvalue weighted by atomic mass is 9.95. The number of fused-ring (bicyclic) bond motifs is 3. The number of likely N-dealkylation sites (N-methyl/N-ethyl adjacent to an activating group) is 1. The molecule has 31 heavy (non-hydrogen) atoms. The SMILES string of the molecule is CNC(=O)C(C#N)=Cc1ccc(-c2nc3cnc4[nH]ccc4c3n2C2CCCCC2)o1. The number of rotatable bonds is 4. The fraction of sp³-hybridized carbons (Fsp3) is 0.304. The van der Waals surface area contributed by atoms with Crippen LogP contribution in [0.25, 0.3) is 39.7 Å². The molecule has 0 bridgehead atoms. The highest BCUT2D eigenvalue weighted by Crippen LogP contribution is 2.38. The number of nitriles is 1. The van der Waals surface area contributed by atoms with E-state index in [0.717, 1.165) is 40.7 Å². The first-order valence-electron chi connectivity index (χ1n) is 10.5. The third-order valence-electron chi connectivity index (χ3n) is 5.90. The van der Waals surface area contributed by atoms with Gasteiger partial charge in [-0.3, -0.25) is 4.79 Å². The van der Waals surface area contributed by atoms with Crippen molar-refractivity contribution in [3.05, 3.63) is 41.9 Å². The van der Waals surface area contributed by atoms with Crippen LogP contribution in [0.5, 0.6) is 0 Å². The Morgan fingerprint density at radius 3 is 2.94 bits per heavy atom. The summed E-state index contributed by atoms with van der Waals surface area (Å²) in [5, 5.41) is 12.8. The molecule has 0 spiro atoms. The summed E-state index contributed by atoms with van der Waals surface area (Å²) in [6, 6.07) is 7.87. The molecule has 0 saturated heterocycles. The molecule has 4 heterocycles. The first-order chi connectivity index (χ1) is 15.2. The highest BCUT2D eigenvalue weighted by molar-refractivity contribution is 6.02.